The van der Waals surface area contributed by atoms with Gasteiger partial charge >= 0.3 is 0 Å². The lowest BCUT2D eigenvalue weighted by Gasteiger charge is -2.40. The molecule has 1 aliphatic carbocycles. The van der Waals surface area contributed by atoms with Crippen molar-refractivity contribution in [2.24, 2.45) is 0 Å². The fourth-order valence-electron chi connectivity index (χ4n) is 2.88. The van der Waals surface area contributed by atoms with Gasteiger partial charge in [-0.3, -0.25) is 0 Å². The Hall–Kier alpha value is -0.930. The van der Waals surface area contributed by atoms with Gasteiger partial charge in [0.1, 0.15) is 5.82 Å². The zero-order valence-corrected chi connectivity index (χ0v) is 10.9. The number of halogens is 1. The van der Waals surface area contributed by atoms with Crippen LogP contribution < -0.4 is 0 Å². The molecule has 1 aromatic rings. The van der Waals surface area contributed by atoms with E-state index < -0.39 is 11.7 Å². The molecule has 3 heteroatoms. The second-order valence-corrected chi connectivity index (χ2v) is 5.14. The normalized spacial score (nSPS) is 20.6. The highest BCUT2D eigenvalue weighted by Crippen LogP contribution is 2.35. The Labute approximate surface area is 108 Å². The van der Waals surface area contributed by atoms with E-state index in [4.69, 9.17) is 4.74 Å². The van der Waals surface area contributed by atoms with E-state index in [2.05, 4.69) is 0 Å². The third-order valence-electron chi connectivity index (χ3n) is 4.08. The number of aliphatic hydroxyl groups is 1. The second-order valence-electron chi connectivity index (χ2n) is 5.14. The molecule has 1 atom stereocenters. The van der Waals surface area contributed by atoms with Crippen molar-refractivity contribution in [3.8, 4) is 0 Å². The Morgan fingerprint density at radius 1 is 1.28 bits per heavy atom. The number of hydrogen-bond acceptors (Lipinski definition) is 2. The molecule has 1 fully saturated rings. The first kappa shape index (κ1) is 13.5. The van der Waals surface area contributed by atoms with Gasteiger partial charge in [0.2, 0.25) is 0 Å². The van der Waals surface area contributed by atoms with Crippen LogP contribution in [0.1, 0.15) is 37.7 Å². The molecule has 1 saturated carbocycles. The summed E-state index contributed by atoms with van der Waals surface area (Å²) in [5.74, 6) is -0.251. The molecule has 18 heavy (non-hydrogen) atoms. The van der Waals surface area contributed by atoms with Gasteiger partial charge in [0.15, 0.2) is 0 Å². The average Bonchev–Trinajstić information content (AvgIpc) is 2.42. The summed E-state index contributed by atoms with van der Waals surface area (Å²) < 4.78 is 19.2. The molecule has 1 unspecified atom stereocenters. The lowest BCUT2D eigenvalue weighted by Crippen LogP contribution is -2.47. The van der Waals surface area contributed by atoms with Gasteiger partial charge in [0.05, 0.1) is 11.7 Å². The summed E-state index contributed by atoms with van der Waals surface area (Å²) in [4.78, 5) is 0. The Morgan fingerprint density at radius 3 is 2.56 bits per heavy atom. The van der Waals surface area contributed by atoms with Gasteiger partial charge in [-0.05, 0) is 24.5 Å². The maximum atomic E-state index is 13.6. The number of methoxy groups -OCH3 is 1. The van der Waals surface area contributed by atoms with Crippen molar-refractivity contribution in [3.63, 3.8) is 0 Å². The van der Waals surface area contributed by atoms with Crippen LogP contribution in [0.2, 0.25) is 0 Å². The van der Waals surface area contributed by atoms with E-state index in [9.17, 15) is 9.50 Å². The van der Waals surface area contributed by atoms with Crippen molar-refractivity contribution in [1.29, 1.82) is 0 Å². The van der Waals surface area contributed by atoms with Crippen LogP contribution in [0.5, 0.6) is 0 Å². The summed E-state index contributed by atoms with van der Waals surface area (Å²) in [6.07, 6.45) is 4.74. The molecular formula is C15H21FO2. The second kappa shape index (κ2) is 5.81. The van der Waals surface area contributed by atoms with E-state index in [1.807, 2.05) is 0 Å². The molecule has 1 aliphatic rings. The molecule has 1 aromatic carbocycles. The SMILES string of the molecule is COC1(C(O)Cc2ccccc2F)CCCCC1. The number of ether oxygens (including phenoxy) is 1. The summed E-state index contributed by atoms with van der Waals surface area (Å²) in [6.45, 7) is 0. The molecule has 0 aromatic heterocycles. The zero-order chi connectivity index (χ0) is 13.0. The molecule has 0 amide bonds. The first-order valence-electron chi connectivity index (χ1n) is 6.64. The Balaban J connectivity index is 2.10. The summed E-state index contributed by atoms with van der Waals surface area (Å²) in [5, 5.41) is 10.4. The largest absolute Gasteiger partial charge is 0.390 e. The van der Waals surface area contributed by atoms with Crippen LogP contribution in [0.4, 0.5) is 4.39 Å². The number of rotatable bonds is 4. The van der Waals surface area contributed by atoms with Gasteiger partial charge in [-0.15, -0.1) is 0 Å². The summed E-state index contributed by atoms with van der Waals surface area (Å²) in [5.41, 5.74) is 0.0765. The maximum absolute atomic E-state index is 13.6. The smallest absolute Gasteiger partial charge is 0.126 e. The first-order valence-corrected chi connectivity index (χ1v) is 6.64. The molecule has 100 valence electrons. The molecule has 0 radical (unpaired) electrons. The van der Waals surface area contributed by atoms with Gasteiger partial charge in [-0.1, -0.05) is 37.5 Å². The predicted molar refractivity (Wildman–Crippen MR) is 68.9 cm³/mol. The zero-order valence-electron chi connectivity index (χ0n) is 10.9. The van der Waals surface area contributed by atoms with E-state index >= 15 is 0 Å². The molecule has 0 heterocycles. The van der Waals surface area contributed by atoms with Crippen LogP contribution >= 0.6 is 0 Å². The fourth-order valence-corrected chi connectivity index (χ4v) is 2.88. The van der Waals surface area contributed by atoms with Gasteiger partial charge < -0.3 is 9.84 Å². The van der Waals surface area contributed by atoms with Crippen LogP contribution in [0, 0.1) is 5.82 Å². The molecule has 0 aliphatic heterocycles. The van der Waals surface area contributed by atoms with E-state index in [-0.39, 0.29) is 5.82 Å². The molecule has 0 spiro atoms. The first-order chi connectivity index (χ1) is 8.68. The van der Waals surface area contributed by atoms with Crippen molar-refractivity contribution in [2.75, 3.05) is 7.11 Å². The van der Waals surface area contributed by atoms with Gasteiger partial charge in [0.25, 0.3) is 0 Å². The van der Waals surface area contributed by atoms with E-state index in [1.54, 1.807) is 25.3 Å². The number of benzene rings is 1. The standard InChI is InChI=1S/C15H21FO2/c1-18-15(9-5-2-6-10-15)14(17)11-12-7-3-4-8-13(12)16/h3-4,7-8,14,17H,2,5-6,9-11H2,1H3. The average molecular weight is 252 g/mol. The summed E-state index contributed by atoms with van der Waals surface area (Å²) in [6, 6.07) is 6.62. The lowest BCUT2D eigenvalue weighted by atomic mass is 9.78. The van der Waals surface area contributed by atoms with Crippen LogP contribution in [0.3, 0.4) is 0 Å². The lowest BCUT2D eigenvalue weighted by molar-refractivity contribution is -0.122. The fraction of sp³-hybridized carbons (Fsp3) is 0.600. The van der Waals surface area contributed by atoms with Crippen molar-refractivity contribution >= 4 is 0 Å². The third kappa shape index (κ3) is 2.73. The van der Waals surface area contributed by atoms with Crippen molar-refractivity contribution < 1.29 is 14.2 Å². The highest BCUT2D eigenvalue weighted by molar-refractivity contribution is 5.19. The van der Waals surface area contributed by atoms with E-state index in [0.717, 1.165) is 25.7 Å². The molecule has 0 bridgehead atoms. The highest BCUT2D eigenvalue weighted by atomic mass is 19.1. The van der Waals surface area contributed by atoms with Crippen LogP contribution in [0.25, 0.3) is 0 Å². The maximum Gasteiger partial charge on any atom is 0.126 e. The monoisotopic (exact) mass is 252 g/mol. The van der Waals surface area contributed by atoms with Gasteiger partial charge in [-0.25, -0.2) is 4.39 Å². The predicted octanol–water partition coefficient (Wildman–Crippen LogP) is 3.08. The summed E-state index contributed by atoms with van der Waals surface area (Å²) >= 11 is 0. The molecular weight excluding hydrogens is 231 g/mol. The molecule has 0 saturated heterocycles. The number of hydrogen-bond donors (Lipinski definition) is 1. The van der Waals surface area contributed by atoms with Gasteiger partial charge in [0, 0.05) is 13.5 Å². The molecule has 2 rings (SSSR count). The van der Waals surface area contributed by atoms with Crippen LogP contribution in [0.15, 0.2) is 24.3 Å². The summed E-state index contributed by atoms with van der Waals surface area (Å²) in [7, 11) is 1.65. The van der Waals surface area contributed by atoms with Crippen molar-refractivity contribution in [1.82, 2.24) is 0 Å². The molecule has 1 N–H and O–H groups in total. The third-order valence-corrected chi connectivity index (χ3v) is 4.08. The van der Waals surface area contributed by atoms with Crippen LogP contribution in [-0.2, 0) is 11.2 Å². The minimum Gasteiger partial charge on any atom is -0.390 e. The Bertz CT molecular complexity index is 386. The highest BCUT2D eigenvalue weighted by Gasteiger charge is 2.39. The van der Waals surface area contributed by atoms with Gasteiger partial charge in [-0.2, -0.15) is 0 Å². The number of aliphatic hydroxyl groups excluding tert-OH is 1. The quantitative estimate of drug-likeness (QED) is 0.892. The van der Waals surface area contributed by atoms with E-state index in [1.165, 1.54) is 12.5 Å². The minimum atomic E-state index is -0.639. The van der Waals surface area contributed by atoms with Crippen LogP contribution in [-0.4, -0.2) is 23.9 Å². The minimum absolute atomic E-state index is 0.251. The van der Waals surface area contributed by atoms with Crippen molar-refractivity contribution in [3.05, 3.63) is 35.6 Å². The van der Waals surface area contributed by atoms with E-state index in [0.29, 0.717) is 12.0 Å². The Morgan fingerprint density at radius 2 is 1.94 bits per heavy atom. The van der Waals surface area contributed by atoms with Crippen molar-refractivity contribution in [2.45, 2.75) is 50.2 Å². The Kier molecular flexibility index (Phi) is 4.36. The topological polar surface area (TPSA) is 29.5 Å². The molecule has 2 nitrogen and oxygen atoms in total.